The molecule has 9 nitrogen and oxygen atoms in total. The van der Waals surface area contributed by atoms with Crippen LogP contribution in [0, 0.1) is 50.7 Å². The second kappa shape index (κ2) is 9.00. The number of hydrogen-bond acceptors (Lipinski definition) is 9. The molecule has 17 atom stereocenters. The van der Waals surface area contributed by atoms with Crippen molar-refractivity contribution in [3.05, 3.63) is 0 Å². The summed E-state index contributed by atoms with van der Waals surface area (Å²) in [6.45, 7) is 15.2. The molecule has 0 aromatic carbocycles. The molecular formula is C35H56O9. The van der Waals surface area contributed by atoms with Crippen LogP contribution in [0.2, 0.25) is 0 Å². The first kappa shape index (κ1) is 30.9. The average molecular weight is 621 g/mol. The van der Waals surface area contributed by atoms with Crippen molar-refractivity contribution in [1.82, 2.24) is 0 Å². The molecule has 0 unspecified atom stereocenters. The zero-order valence-electron chi connectivity index (χ0n) is 27.7. The van der Waals surface area contributed by atoms with E-state index in [0.717, 1.165) is 44.9 Å². The second-order valence-corrected chi connectivity index (χ2v) is 18.3. The number of hydrogen-bond donors (Lipinski definition) is 5. The molecule has 0 aromatic rings. The summed E-state index contributed by atoms with van der Waals surface area (Å²) >= 11 is 0. The van der Waals surface area contributed by atoms with Gasteiger partial charge in [-0.1, -0.05) is 34.6 Å². The number of aliphatic hydroxyl groups is 5. The predicted octanol–water partition coefficient (Wildman–Crippen LogP) is 3.12. The monoisotopic (exact) mass is 620 g/mol. The van der Waals surface area contributed by atoms with Crippen LogP contribution in [0.1, 0.15) is 99.8 Å². The average Bonchev–Trinajstić information content (AvgIpc) is 3.45. The molecule has 8 fully saturated rings. The Balaban J connectivity index is 1.10. The van der Waals surface area contributed by atoms with E-state index in [1.807, 2.05) is 0 Å². The Kier molecular flexibility index (Phi) is 6.33. The van der Waals surface area contributed by atoms with E-state index in [0.29, 0.717) is 17.8 Å². The maximum atomic E-state index is 12.7. The molecule has 3 saturated heterocycles. The van der Waals surface area contributed by atoms with E-state index < -0.39 is 48.2 Å². The number of fused-ring (bicyclic) bond motifs is 4. The standard InChI is InChI=1S/C35H56O9/c1-17-14-19-26(30(4,5)40)44-35(43-19)25(17)31(6)12-13-34-16-33(34)11-10-22(42-27-24(38)23(37)18(36)15-41-27)29(2,3)20(33)8-9-21(34)32(31,7)28(35)39/h17-28,36-40H,8-16H2,1-7H3/t17-,18+,19-,20-,21+,22+,23-,24+,25-,26+,27-,28-,31-,32-,33-,34+,35+/m1/s1. The third-order valence-electron chi connectivity index (χ3n) is 15.9. The minimum absolute atomic E-state index is 0.0559. The molecule has 0 aromatic heterocycles. The lowest BCUT2D eigenvalue weighted by molar-refractivity contribution is -0.303. The lowest BCUT2D eigenvalue weighted by atomic mass is 9.41. The quantitative estimate of drug-likeness (QED) is 0.301. The Bertz CT molecular complexity index is 1200. The summed E-state index contributed by atoms with van der Waals surface area (Å²) in [6, 6.07) is 0. The predicted molar refractivity (Wildman–Crippen MR) is 159 cm³/mol. The number of ether oxygens (including phenoxy) is 4. The van der Waals surface area contributed by atoms with E-state index in [1.165, 1.54) is 6.42 Å². The van der Waals surface area contributed by atoms with Crippen LogP contribution in [-0.4, -0.2) is 92.5 Å². The fourth-order valence-corrected chi connectivity index (χ4v) is 14.0. The van der Waals surface area contributed by atoms with Crippen molar-refractivity contribution >= 4 is 0 Å². The Morgan fingerprint density at radius 3 is 2.23 bits per heavy atom. The van der Waals surface area contributed by atoms with Crippen LogP contribution >= 0.6 is 0 Å². The van der Waals surface area contributed by atoms with Crippen molar-refractivity contribution < 1.29 is 44.5 Å². The summed E-state index contributed by atoms with van der Waals surface area (Å²) in [4.78, 5) is 0. The Hall–Kier alpha value is -0.360. The fraction of sp³-hybridized carbons (Fsp3) is 1.00. The first-order chi connectivity index (χ1) is 20.4. The van der Waals surface area contributed by atoms with Crippen molar-refractivity contribution in [3.63, 3.8) is 0 Å². The molecule has 8 aliphatic rings. The minimum Gasteiger partial charge on any atom is -0.388 e. The first-order valence-electron chi connectivity index (χ1n) is 17.5. The Labute approximate surface area is 262 Å². The highest BCUT2D eigenvalue weighted by Gasteiger charge is 2.88. The number of aliphatic hydroxyl groups excluding tert-OH is 4. The maximum Gasteiger partial charge on any atom is 0.199 e. The molecule has 3 aliphatic heterocycles. The van der Waals surface area contributed by atoms with Gasteiger partial charge in [0.25, 0.3) is 0 Å². The summed E-state index contributed by atoms with van der Waals surface area (Å²) in [5, 5.41) is 54.5. The van der Waals surface area contributed by atoms with Crippen molar-refractivity contribution in [2.45, 2.75) is 160 Å². The molecule has 0 amide bonds. The second-order valence-electron chi connectivity index (χ2n) is 18.3. The van der Waals surface area contributed by atoms with Gasteiger partial charge < -0.3 is 44.5 Å². The summed E-state index contributed by atoms with van der Waals surface area (Å²) in [7, 11) is 0. The highest BCUT2D eigenvalue weighted by atomic mass is 16.8. The lowest BCUT2D eigenvalue weighted by Crippen LogP contribution is -2.61. The molecule has 8 rings (SSSR count). The zero-order chi connectivity index (χ0) is 31.6. The van der Waals surface area contributed by atoms with Gasteiger partial charge in [0.05, 0.1) is 24.4 Å². The van der Waals surface area contributed by atoms with Gasteiger partial charge in [0.1, 0.15) is 30.5 Å². The van der Waals surface area contributed by atoms with Gasteiger partial charge in [-0.3, -0.25) is 0 Å². The summed E-state index contributed by atoms with van der Waals surface area (Å²) in [5.74, 6) is 0.108. The Morgan fingerprint density at radius 2 is 1.52 bits per heavy atom. The maximum absolute atomic E-state index is 12.7. The third kappa shape index (κ3) is 3.38. The molecular weight excluding hydrogens is 564 g/mol. The van der Waals surface area contributed by atoms with Crippen molar-refractivity contribution in [1.29, 1.82) is 0 Å². The largest absolute Gasteiger partial charge is 0.388 e. The van der Waals surface area contributed by atoms with Crippen LogP contribution in [0.15, 0.2) is 0 Å². The molecule has 250 valence electrons. The fourth-order valence-electron chi connectivity index (χ4n) is 14.0. The number of rotatable bonds is 3. The molecule has 3 spiro atoms. The van der Waals surface area contributed by atoms with Gasteiger partial charge in [0.15, 0.2) is 12.1 Å². The van der Waals surface area contributed by atoms with Crippen LogP contribution in [0.25, 0.3) is 0 Å². The van der Waals surface area contributed by atoms with Gasteiger partial charge in [-0.2, -0.15) is 0 Å². The normalized spacial score (nSPS) is 62.2. The van der Waals surface area contributed by atoms with Gasteiger partial charge in [0, 0.05) is 11.3 Å². The molecule has 9 heteroatoms. The van der Waals surface area contributed by atoms with E-state index in [9.17, 15) is 25.5 Å². The van der Waals surface area contributed by atoms with Crippen molar-refractivity contribution in [3.8, 4) is 0 Å². The molecule has 5 aliphatic carbocycles. The molecule has 3 heterocycles. The van der Waals surface area contributed by atoms with Crippen LogP contribution in [0.3, 0.4) is 0 Å². The van der Waals surface area contributed by atoms with Gasteiger partial charge in [-0.15, -0.1) is 0 Å². The van der Waals surface area contributed by atoms with Crippen LogP contribution in [0.4, 0.5) is 0 Å². The lowest BCUT2D eigenvalue weighted by Gasteiger charge is -2.63. The smallest absolute Gasteiger partial charge is 0.199 e. The third-order valence-corrected chi connectivity index (χ3v) is 15.9. The van der Waals surface area contributed by atoms with E-state index in [1.54, 1.807) is 13.8 Å². The summed E-state index contributed by atoms with van der Waals surface area (Å²) in [6.07, 6.45) is 2.00. The van der Waals surface area contributed by atoms with Crippen LogP contribution < -0.4 is 0 Å². The van der Waals surface area contributed by atoms with Gasteiger partial charge in [0.2, 0.25) is 0 Å². The molecule has 5 N–H and O–H groups in total. The van der Waals surface area contributed by atoms with Crippen LogP contribution in [0.5, 0.6) is 0 Å². The van der Waals surface area contributed by atoms with Gasteiger partial charge >= 0.3 is 0 Å². The topological polar surface area (TPSA) is 138 Å². The van der Waals surface area contributed by atoms with E-state index >= 15 is 0 Å². The van der Waals surface area contributed by atoms with E-state index in [4.69, 9.17) is 18.9 Å². The highest BCUT2D eigenvalue weighted by molar-refractivity contribution is 5.34. The molecule has 5 saturated carbocycles. The van der Waals surface area contributed by atoms with E-state index in [-0.39, 0.29) is 51.8 Å². The van der Waals surface area contributed by atoms with E-state index in [2.05, 4.69) is 34.6 Å². The SMILES string of the molecule is C[C@@H]1C[C@H]2O[C@@]3(O[C@@H]2C(C)(C)O)[C@H](O)[C@@]2(C)[C@@H]4CC[C@@H]5C(C)(C)[C@@H](O[C@H]6OC[C@H](O)[C@@H](O)[C@@H]6O)CC[C@@]56C[C@@]46CC[C@]2(C)[C@@H]13. The van der Waals surface area contributed by atoms with Crippen LogP contribution in [-0.2, 0) is 18.9 Å². The zero-order valence-corrected chi connectivity index (χ0v) is 27.7. The molecule has 0 radical (unpaired) electrons. The summed E-state index contributed by atoms with van der Waals surface area (Å²) < 4.78 is 25.8. The Morgan fingerprint density at radius 1 is 0.841 bits per heavy atom. The summed E-state index contributed by atoms with van der Waals surface area (Å²) in [5.41, 5.74) is -1.39. The van der Waals surface area contributed by atoms with Gasteiger partial charge in [-0.25, -0.2) is 0 Å². The minimum atomic E-state index is -1.28. The molecule has 44 heavy (non-hydrogen) atoms. The highest BCUT2D eigenvalue weighted by Crippen LogP contribution is 2.90. The molecule has 2 bridgehead atoms. The van der Waals surface area contributed by atoms with Crippen molar-refractivity contribution in [2.24, 2.45) is 50.7 Å². The first-order valence-corrected chi connectivity index (χ1v) is 17.5. The van der Waals surface area contributed by atoms with Gasteiger partial charge in [-0.05, 0) is 105 Å². The van der Waals surface area contributed by atoms with Crippen molar-refractivity contribution in [2.75, 3.05) is 6.61 Å².